The van der Waals surface area contributed by atoms with E-state index in [0.29, 0.717) is 28.3 Å². The van der Waals surface area contributed by atoms with Crippen molar-refractivity contribution in [2.45, 2.75) is 26.3 Å². The molecule has 9 heteroatoms. The van der Waals surface area contributed by atoms with Gasteiger partial charge in [-0.2, -0.15) is 0 Å². The van der Waals surface area contributed by atoms with Crippen LogP contribution < -0.4 is 10.6 Å². The van der Waals surface area contributed by atoms with Crippen molar-refractivity contribution in [1.82, 2.24) is 5.32 Å². The number of hydrogen-bond acceptors (Lipinski definition) is 6. The minimum Gasteiger partial charge on any atom is -0.465 e. The van der Waals surface area contributed by atoms with Gasteiger partial charge in [0, 0.05) is 16.3 Å². The summed E-state index contributed by atoms with van der Waals surface area (Å²) in [6.45, 7) is 3.16. The first-order valence-corrected chi connectivity index (χ1v) is 10.3. The number of rotatable bonds is 9. The summed E-state index contributed by atoms with van der Waals surface area (Å²) in [6.07, 6.45) is 0.611. The molecule has 0 fully saturated rings. The maximum Gasteiger partial charge on any atom is 0.337 e. The summed E-state index contributed by atoms with van der Waals surface area (Å²) in [4.78, 5) is 48.7. The van der Waals surface area contributed by atoms with Crippen LogP contribution in [0.5, 0.6) is 0 Å². The van der Waals surface area contributed by atoms with Crippen molar-refractivity contribution in [1.29, 1.82) is 0 Å². The van der Waals surface area contributed by atoms with Crippen LogP contribution in [-0.4, -0.2) is 43.5 Å². The summed E-state index contributed by atoms with van der Waals surface area (Å²) < 4.78 is 9.75. The van der Waals surface area contributed by atoms with E-state index < -0.39 is 36.4 Å². The van der Waals surface area contributed by atoms with Crippen LogP contribution in [0.15, 0.2) is 48.5 Å². The Balaban J connectivity index is 1.94. The lowest BCUT2D eigenvalue weighted by molar-refractivity contribution is -0.150. The summed E-state index contributed by atoms with van der Waals surface area (Å²) in [5.74, 6) is -2.42. The first-order valence-electron chi connectivity index (χ1n) is 9.96. The monoisotopic (exact) mass is 460 g/mol. The molecule has 0 saturated carbocycles. The highest BCUT2D eigenvalue weighted by Gasteiger charge is 2.28. The van der Waals surface area contributed by atoms with Gasteiger partial charge in [-0.25, -0.2) is 9.59 Å². The van der Waals surface area contributed by atoms with Crippen LogP contribution in [-0.2, 0) is 19.1 Å². The minimum absolute atomic E-state index is 0.215. The second kappa shape index (κ2) is 11.9. The third-order valence-electron chi connectivity index (χ3n) is 4.80. The lowest BCUT2D eigenvalue weighted by Gasteiger charge is -2.22. The van der Waals surface area contributed by atoms with Crippen LogP contribution >= 0.6 is 11.6 Å². The molecular weight excluding hydrogens is 436 g/mol. The van der Waals surface area contributed by atoms with Crippen LogP contribution in [0.2, 0.25) is 5.02 Å². The van der Waals surface area contributed by atoms with Crippen LogP contribution in [0.4, 0.5) is 5.69 Å². The molecule has 2 aromatic carbocycles. The number of carbonyl (C=O) groups is 4. The third kappa shape index (κ3) is 7.09. The molecule has 170 valence electrons. The number of halogens is 1. The van der Waals surface area contributed by atoms with E-state index >= 15 is 0 Å². The van der Waals surface area contributed by atoms with Gasteiger partial charge in [0.2, 0.25) is 0 Å². The van der Waals surface area contributed by atoms with E-state index in [0.717, 1.165) is 0 Å². The lowest BCUT2D eigenvalue weighted by atomic mass is 9.99. The molecule has 0 heterocycles. The molecule has 32 heavy (non-hydrogen) atoms. The largest absolute Gasteiger partial charge is 0.465 e. The number of methoxy groups -OCH3 is 1. The van der Waals surface area contributed by atoms with E-state index in [4.69, 9.17) is 16.3 Å². The Morgan fingerprint density at radius 1 is 0.969 bits per heavy atom. The predicted octanol–water partition coefficient (Wildman–Crippen LogP) is 3.45. The zero-order valence-corrected chi connectivity index (χ0v) is 18.8. The molecule has 0 saturated heterocycles. The molecule has 2 rings (SSSR count). The van der Waals surface area contributed by atoms with E-state index in [1.807, 2.05) is 6.92 Å². The standard InChI is InChI=1S/C23H25ClN2O6/c1-4-14(2)20(26-21(28)15-5-9-17(24)10-6-15)23(30)32-13-19(27)25-18-11-7-16(8-12-18)22(29)31-3/h5-12,14,20H,4,13H2,1-3H3,(H,25,27)(H,26,28). The fourth-order valence-corrected chi connectivity index (χ4v) is 2.85. The van der Waals surface area contributed by atoms with E-state index in [1.165, 1.54) is 31.4 Å². The van der Waals surface area contributed by atoms with Gasteiger partial charge in [0.1, 0.15) is 6.04 Å². The van der Waals surface area contributed by atoms with Gasteiger partial charge < -0.3 is 20.1 Å². The molecule has 0 aromatic heterocycles. The molecule has 0 aliphatic rings. The quantitative estimate of drug-likeness (QED) is 0.554. The molecule has 2 amide bonds. The van der Waals surface area contributed by atoms with E-state index in [9.17, 15) is 19.2 Å². The summed E-state index contributed by atoms with van der Waals surface area (Å²) >= 11 is 5.84. The first kappa shape index (κ1) is 24.9. The molecule has 8 nitrogen and oxygen atoms in total. The second-order valence-corrected chi connectivity index (χ2v) is 7.50. The molecule has 2 unspecified atom stereocenters. The molecule has 0 aliphatic carbocycles. The molecule has 2 N–H and O–H groups in total. The molecule has 0 aliphatic heterocycles. The summed E-state index contributed by atoms with van der Waals surface area (Å²) in [6, 6.07) is 11.4. The maximum absolute atomic E-state index is 12.6. The zero-order chi connectivity index (χ0) is 23.7. The highest BCUT2D eigenvalue weighted by molar-refractivity contribution is 6.30. The van der Waals surface area contributed by atoms with Crippen molar-refractivity contribution in [3.63, 3.8) is 0 Å². The molecule has 0 bridgehead atoms. The molecule has 0 spiro atoms. The average molecular weight is 461 g/mol. The van der Waals surface area contributed by atoms with Crippen molar-refractivity contribution >= 4 is 41.0 Å². The summed E-state index contributed by atoms with van der Waals surface area (Å²) in [5, 5.41) is 5.73. The van der Waals surface area contributed by atoms with Gasteiger partial charge >= 0.3 is 11.9 Å². The minimum atomic E-state index is -0.921. The van der Waals surface area contributed by atoms with E-state index in [2.05, 4.69) is 15.4 Å². The van der Waals surface area contributed by atoms with Gasteiger partial charge in [0.15, 0.2) is 6.61 Å². The van der Waals surface area contributed by atoms with Crippen molar-refractivity contribution in [3.05, 3.63) is 64.7 Å². The Labute approximate surface area is 191 Å². The number of amides is 2. The number of esters is 2. The zero-order valence-electron chi connectivity index (χ0n) is 18.0. The highest BCUT2D eigenvalue weighted by atomic mass is 35.5. The Morgan fingerprint density at radius 3 is 2.12 bits per heavy atom. The smallest absolute Gasteiger partial charge is 0.337 e. The van der Waals surface area contributed by atoms with Gasteiger partial charge in [0.25, 0.3) is 11.8 Å². The number of carbonyl (C=O) groups excluding carboxylic acids is 4. The van der Waals surface area contributed by atoms with Gasteiger partial charge in [-0.3, -0.25) is 9.59 Å². The summed E-state index contributed by atoms with van der Waals surface area (Å²) in [7, 11) is 1.27. The Kier molecular flexibility index (Phi) is 9.22. The predicted molar refractivity (Wildman–Crippen MR) is 120 cm³/mol. The Bertz CT molecular complexity index is 959. The molecular formula is C23H25ClN2O6. The molecule has 2 atom stereocenters. The number of anilines is 1. The van der Waals surface area contributed by atoms with Crippen molar-refractivity contribution in [3.8, 4) is 0 Å². The normalized spacial score (nSPS) is 12.2. The highest BCUT2D eigenvalue weighted by Crippen LogP contribution is 2.14. The van der Waals surface area contributed by atoms with Crippen LogP contribution in [0.25, 0.3) is 0 Å². The van der Waals surface area contributed by atoms with Gasteiger partial charge in [-0.05, 0) is 54.4 Å². The average Bonchev–Trinajstić information content (AvgIpc) is 2.80. The maximum atomic E-state index is 12.6. The van der Waals surface area contributed by atoms with Gasteiger partial charge in [-0.15, -0.1) is 0 Å². The summed E-state index contributed by atoms with van der Waals surface area (Å²) in [5.41, 5.74) is 1.11. The van der Waals surface area contributed by atoms with E-state index in [-0.39, 0.29) is 5.92 Å². The number of ether oxygens (including phenoxy) is 2. The molecule has 2 aromatic rings. The second-order valence-electron chi connectivity index (χ2n) is 7.07. The van der Waals surface area contributed by atoms with Gasteiger partial charge in [0.05, 0.1) is 12.7 Å². The number of hydrogen-bond donors (Lipinski definition) is 2. The van der Waals surface area contributed by atoms with Crippen LogP contribution in [0.3, 0.4) is 0 Å². The fraction of sp³-hybridized carbons (Fsp3) is 0.304. The SMILES string of the molecule is CCC(C)C(NC(=O)c1ccc(Cl)cc1)C(=O)OCC(=O)Nc1ccc(C(=O)OC)cc1. The van der Waals surface area contributed by atoms with Crippen LogP contribution in [0.1, 0.15) is 41.0 Å². The molecule has 0 radical (unpaired) electrons. The first-order chi connectivity index (χ1) is 15.2. The topological polar surface area (TPSA) is 111 Å². The van der Waals surface area contributed by atoms with Crippen molar-refractivity contribution < 1.29 is 28.7 Å². The van der Waals surface area contributed by atoms with Crippen molar-refractivity contribution in [2.24, 2.45) is 5.92 Å². The number of nitrogens with one attached hydrogen (secondary N) is 2. The lowest BCUT2D eigenvalue weighted by Crippen LogP contribution is -2.46. The number of benzene rings is 2. The van der Waals surface area contributed by atoms with Crippen molar-refractivity contribution in [2.75, 3.05) is 19.0 Å². The van der Waals surface area contributed by atoms with E-state index in [1.54, 1.807) is 31.2 Å². The van der Waals surface area contributed by atoms with Gasteiger partial charge in [-0.1, -0.05) is 31.9 Å². The third-order valence-corrected chi connectivity index (χ3v) is 5.05. The Morgan fingerprint density at radius 2 is 1.56 bits per heavy atom. The fourth-order valence-electron chi connectivity index (χ4n) is 2.73. The Hall–Kier alpha value is -3.39. The van der Waals surface area contributed by atoms with Crippen LogP contribution in [0, 0.1) is 5.92 Å².